The van der Waals surface area contributed by atoms with Crippen molar-refractivity contribution in [3.8, 4) is 5.75 Å². The zero-order valence-electron chi connectivity index (χ0n) is 12.3. The van der Waals surface area contributed by atoms with Crippen LogP contribution in [0.3, 0.4) is 0 Å². The van der Waals surface area contributed by atoms with E-state index in [-0.39, 0.29) is 5.56 Å². The van der Waals surface area contributed by atoms with Gasteiger partial charge in [0.25, 0.3) is 0 Å². The number of methoxy groups -OCH3 is 1. The molecular formula is C16H18N2O3. The van der Waals surface area contributed by atoms with Gasteiger partial charge in [0.1, 0.15) is 17.1 Å². The van der Waals surface area contributed by atoms with Gasteiger partial charge in [-0.05, 0) is 31.5 Å². The van der Waals surface area contributed by atoms with Crippen LogP contribution in [0, 0.1) is 13.8 Å². The van der Waals surface area contributed by atoms with Gasteiger partial charge in [-0.3, -0.25) is 0 Å². The largest absolute Gasteiger partial charge is 0.496 e. The monoisotopic (exact) mass is 286 g/mol. The van der Waals surface area contributed by atoms with Crippen molar-refractivity contribution in [3.63, 3.8) is 0 Å². The van der Waals surface area contributed by atoms with Crippen LogP contribution in [-0.4, -0.2) is 23.2 Å². The summed E-state index contributed by atoms with van der Waals surface area (Å²) in [6.07, 6.45) is 0. The highest BCUT2D eigenvalue weighted by Crippen LogP contribution is 2.22. The smallest absolute Gasteiger partial charge is 0.339 e. The Kier molecular flexibility index (Phi) is 4.42. The van der Waals surface area contributed by atoms with Gasteiger partial charge in [0.05, 0.1) is 7.11 Å². The van der Waals surface area contributed by atoms with Crippen LogP contribution in [0.1, 0.15) is 27.2 Å². The number of benzene rings is 1. The molecule has 2 rings (SSSR count). The number of hydrogen-bond acceptors (Lipinski definition) is 4. The number of carboxylic acid groups (broad SMARTS) is 1. The predicted octanol–water partition coefficient (Wildman–Crippen LogP) is 3.02. The number of rotatable bonds is 5. The maximum absolute atomic E-state index is 11.4. The Morgan fingerprint density at radius 1 is 1.33 bits per heavy atom. The Labute approximate surface area is 123 Å². The van der Waals surface area contributed by atoms with Gasteiger partial charge in [-0.2, -0.15) is 0 Å². The minimum Gasteiger partial charge on any atom is -0.496 e. The second-order valence-corrected chi connectivity index (χ2v) is 4.77. The number of aromatic carboxylic acids is 1. The SMILES string of the molecule is COc1ccccc1CNc1nc(C)cc(C)c1C(=O)O. The van der Waals surface area contributed by atoms with E-state index in [1.807, 2.05) is 31.2 Å². The summed E-state index contributed by atoms with van der Waals surface area (Å²) in [5.74, 6) is 0.152. The highest BCUT2D eigenvalue weighted by atomic mass is 16.5. The quantitative estimate of drug-likeness (QED) is 0.884. The molecular weight excluding hydrogens is 268 g/mol. The second-order valence-electron chi connectivity index (χ2n) is 4.77. The number of aryl methyl sites for hydroxylation is 2. The fraction of sp³-hybridized carbons (Fsp3) is 0.250. The fourth-order valence-electron chi connectivity index (χ4n) is 2.26. The van der Waals surface area contributed by atoms with Crippen LogP contribution in [-0.2, 0) is 6.54 Å². The maximum Gasteiger partial charge on any atom is 0.339 e. The van der Waals surface area contributed by atoms with Crippen molar-refractivity contribution in [2.24, 2.45) is 0 Å². The van der Waals surface area contributed by atoms with Gasteiger partial charge in [-0.25, -0.2) is 9.78 Å². The van der Waals surface area contributed by atoms with Crippen molar-refractivity contribution < 1.29 is 14.6 Å². The average molecular weight is 286 g/mol. The van der Waals surface area contributed by atoms with Crippen LogP contribution in [0.25, 0.3) is 0 Å². The molecule has 110 valence electrons. The van der Waals surface area contributed by atoms with Crippen molar-refractivity contribution >= 4 is 11.8 Å². The van der Waals surface area contributed by atoms with E-state index in [1.54, 1.807) is 20.1 Å². The summed E-state index contributed by atoms with van der Waals surface area (Å²) in [4.78, 5) is 15.7. The molecule has 0 aliphatic rings. The summed E-state index contributed by atoms with van der Waals surface area (Å²) >= 11 is 0. The zero-order valence-corrected chi connectivity index (χ0v) is 12.3. The van der Waals surface area contributed by atoms with Crippen molar-refractivity contribution in [2.75, 3.05) is 12.4 Å². The highest BCUT2D eigenvalue weighted by molar-refractivity contribution is 5.94. The van der Waals surface area contributed by atoms with E-state index in [1.165, 1.54) is 0 Å². The molecule has 1 aromatic heterocycles. The number of pyridine rings is 1. The Morgan fingerprint density at radius 3 is 2.71 bits per heavy atom. The van der Waals surface area contributed by atoms with E-state index in [2.05, 4.69) is 10.3 Å². The van der Waals surface area contributed by atoms with Gasteiger partial charge in [-0.1, -0.05) is 18.2 Å². The Hall–Kier alpha value is -2.56. The normalized spacial score (nSPS) is 10.2. The first kappa shape index (κ1) is 14.8. The van der Waals surface area contributed by atoms with E-state index in [0.29, 0.717) is 17.9 Å². The molecule has 5 heteroatoms. The lowest BCUT2D eigenvalue weighted by Gasteiger charge is -2.13. The van der Waals surface area contributed by atoms with Crippen LogP contribution in [0.4, 0.5) is 5.82 Å². The van der Waals surface area contributed by atoms with E-state index in [4.69, 9.17) is 4.74 Å². The van der Waals surface area contributed by atoms with Crippen LogP contribution >= 0.6 is 0 Å². The van der Waals surface area contributed by atoms with Gasteiger partial charge >= 0.3 is 5.97 Å². The minimum absolute atomic E-state index is 0.204. The number of aromatic nitrogens is 1. The molecule has 0 radical (unpaired) electrons. The summed E-state index contributed by atoms with van der Waals surface area (Å²) in [5.41, 5.74) is 2.62. The number of para-hydroxylation sites is 1. The zero-order chi connectivity index (χ0) is 15.4. The topological polar surface area (TPSA) is 71.5 Å². The van der Waals surface area contributed by atoms with Crippen molar-refractivity contribution in [3.05, 3.63) is 52.7 Å². The number of nitrogens with zero attached hydrogens (tertiary/aromatic N) is 1. The summed E-state index contributed by atoms with van der Waals surface area (Å²) < 4.78 is 5.28. The molecule has 21 heavy (non-hydrogen) atoms. The summed E-state index contributed by atoms with van der Waals surface area (Å²) in [7, 11) is 1.61. The number of hydrogen-bond donors (Lipinski definition) is 2. The minimum atomic E-state index is -0.984. The van der Waals surface area contributed by atoms with Gasteiger partial charge in [0.15, 0.2) is 0 Å². The molecule has 0 unspecified atom stereocenters. The second kappa shape index (κ2) is 6.26. The molecule has 0 atom stereocenters. The lowest BCUT2D eigenvalue weighted by Crippen LogP contribution is -2.11. The lowest BCUT2D eigenvalue weighted by atomic mass is 10.1. The Bertz CT molecular complexity index is 669. The van der Waals surface area contributed by atoms with Gasteiger partial charge in [-0.15, -0.1) is 0 Å². The Morgan fingerprint density at radius 2 is 2.05 bits per heavy atom. The van der Waals surface area contributed by atoms with Crippen LogP contribution in [0.2, 0.25) is 0 Å². The molecule has 5 nitrogen and oxygen atoms in total. The molecule has 1 aromatic carbocycles. The molecule has 0 aliphatic heterocycles. The number of ether oxygens (including phenoxy) is 1. The van der Waals surface area contributed by atoms with E-state index < -0.39 is 5.97 Å². The van der Waals surface area contributed by atoms with Gasteiger partial charge in [0.2, 0.25) is 0 Å². The number of carbonyl (C=O) groups is 1. The molecule has 2 aromatic rings. The first-order valence-corrected chi connectivity index (χ1v) is 6.60. The van der Waals surface area contributed by atoms with Crippen molar-refractivity contribution in [1.82, 2.24) is 4.98 Å². The molecule has 0 saturated carbocycles. The molecule has 0 fully saturated rings. The molecule has 0 bridgehead atoms. The van der Waals surface area contributed by atoms with Crippen LogP contribution in [0.5, 0.6) is 5.75 Å². The van der Waals surface area contributed by atoms with E-state index in [0.717, 1.165) is 17.0 Å². The highest BCUT2D eigenvalue weighted by Gasteiger charge is 2.15. The van der Waals surface area contributed by atoms with E-state index in [9.17, 15) is 9.90 Å². The van der Waals surface area contributed by atoms with Crippen molar-refractivity contribution in [1.29, 1.82) is 0 Å². The summed E-state index contributed by atoms with van der Waals surface area (Å²) in [6, 6.07) is 9.35. The van der Waals surface area contributed by atoms with Crippen molar-refractivity contribution in [2.45, 2.75) is 20.4 Å². The van der Waals surface area contributed by atoms with Gasteiger partial charge in [0, 0.05) is 17.8 Å². The van der Waals surface area contributed by atoms with Crippen LogP contribution in [0.15, 0.2) is 30.3 Å². The summed E-state index contributed by atoms with van der Waals surface area (Å²) in [6.45, 7) is 4.06. The third-order valence-electron chi connectivity index (χ3n) is 3.20. The lowest BCUT2D eigenvalue weighted by molar-refractivity contribution is 0.0697. The predicted molar refractivity (Wildman–Crippen MR) is 81.0 cm³/mol. The first-order valence-electron chi connectivity index (χ1n) is 6.60. The fourth-order valence-corrected chi connectivity index (χ4v) is 2.26. The summed E-state index contributed by atoms with van der Waals surface area (Å²) in [5, 5.41) is 12.4. The van der Waals surface area contributed by atoms with E-state index >= 15 is 0 Å². The molecule has 0 amide bonds. The standard InChI is InChI=1S/C16H18N2O3/c1-10-8-11(2)18-15(14(10)16(19)20)17-9-12-6-4-5-7-13(12)21-3/h4-8H,9H2,1-3H3,(H,17,18)(H,19,20). The molecule has 2 N–H and O–H groups in total. The number of anilines is 1. The molecule has 1 heterocycles. The number of carboxylic acids is 1. The Balaban J connectivity index is 2.30. The first-order chi connectivity index (χ1) is 10.0. The number of nitrogens with one attached hydrogen (secondary N) is 1. The molecule has 0 spiro atoms. The molecule has 0 aliphatic carbocycles. The molecule has 0 saturated heterocycles. The van der Waals surface area contributed by atoms with Crippen LogP contribution < -0.4 is 10.1 Å². The van der Waals surface area contributed by atoms with Gasteiger partial charge < -0.3 is 15.2 Å². The third-order valence-corrected chi connectivity index (χ3v) is 3.20. The third kappa shape index (κ3) is 3.31. The maximum atomic E-state index is 11.4. The average Bonchev–Trinajstić information content (AvgIpc) is 2.44.